The Kier molecular flexibility index (Phi) is 5.64. The van der Waals surface area contributed by atoms with Crippen LogP contribution in [0.25, 0.3) is 0 Å². The number of hydrogen-bond acceptors (Lipinski definition) is 6. The molecule has 0 aromatic heterocycles. The largest absolute Gasteiger partial charge is 0.494 e. The molecule has 0 aliphatic carbocycles. The summed E-state index contributed by atoms with van der Waals surface area (Å²) in [7, 11) is 0. The van der Waals surface area contributed by atoms with Crippen molar-refractivity contribution >= 4 is 11.9 Å². The highest BCUT2D eigenvalue weighted by Crippen LogP contribution is 2.40. The van der Waals surface area contributed by atoms with E-state index in [9.17, 15) is 9.59 Å². The van der Waals surface area contributed by atoms with Crippen LogP contribution in [0.5, 0.6) is 23.0 Å². The van der Waals surface area contributed by atoms with E-state index in [4.69, 9.17) is 18.9 Å². The van der Waals surface area contributed by atoms with E-state index in [2.05, 4.69) is 0 Å². The number of carbonyl (C=O) groups excluding carboxylic acids is 2. The first kappa shape index (κ1) is 18.8. The quantitative estimate of drug-likeness (QED) is 0.585. The minimum absolute atomic E-state index is 0.282. The summed E-state index contributed by atoms with van der Waals surface area (Å²) in [6, 6.07) is 10.8. The second kappa shape index (κ2) is 8.12. The predicted molar refractivity (Wildman–Crippen MR) is 98.4 cm³/mol. The van der Waals surface area contributed by atoms with Crippen LogP contribution in [-0.4, -0.2) is 18.5 Å². The zero-order valence-electron chi connectivity index (χ0n) is 15.6. The van der Waals surface area contributed by atoms with Gasteiger partial charge in [-0.2, -0.15) is 0 Å². The Hall–Kier alpha value is -3.02. The average Bonchev–Trinajstić information content (AvgIpc) is 2.60. The monoisotopic (exact) mass is 370 g/mol. The van der Waals surface area contributed by atoms with E-state index >= 15 is 0 Å². The zero-order valence-corrected chi connectivity index (χ0v) is 15.6. The average molecular weight is 370 g/mol. The Labute approximate surface area is 158 Å². The van der Waals surface area contributed by atoms with Gasteiger partial charge < -0.3 is 18.9 Å². The van der Waals surface area contributed by atoms with Crippen LogP contribution >= 0.6 is 0 Å². The molecule has 27 heavy (non-hydrogen) atoms. The van der Waals surface area contributed by atoms with Gasteiger partial charge in [0, 0.05) is 31.5 Å². The van der Waals surface area contributed by atoms with Crippen molar-refractivity contribution in [3.63, 3.8) is 0 Å². The van der Waals surface area contributed by atoms with Gasteiger partial charge in [0.1, 0.15) is 29.1 Å². The van der Waals surface area contributed by atoms with Gasteiger partial charge in [0.15, 0.2) is 0 Å². The highest BCUT2D eigenvalue weighted by Gasteiger charge is 2.25. The number of carbonyl (C=O) groups is 2. The van der Waals surface area contributed by atoms with Gasteiger partial charge in [-0.3, -0.25) is 9.59 Å². The van der Waals surface area contributed by atoms with Crippen LogP contribution in [0, 0.1) is 0 Å². The number of esters is 2. The number of benzene rings is 2. The number of fused-ring (bicyclic) bond motifs is 1. The van der Waals surface area contributed by atoms with Crippen LogP contribution in [0.15, 0.2) is 36.4 Å². The second-order valence-electron chi connectivity index (χ2n) is 6.23. The lowest BCUT2D eigenvalue weighted by Gasteiger charge is -2.28. The normalized spacial score (nSPS) is 15.3. The third-order valence-corrected chi connectivity index (χ3v) is 4.14. The molecule has 1 aliphatic heterocycles. The fourth-order valence-corrected chi connectivity index (χ4v) is 3.08. The van der Waals surface area contributed by atoms with Crippen LogP contribution < -0.4 is 18.9 Å². The molecule has 0 amide bonds. The maximum Gasteiger partial charge on any atom is 0.308 e. The van der Waals surface area contributed by atoms with Crippen molar-refractivity contribution in [2.24, 2.45) is 0 Å². The lowest BCUT2D eigenvalue weighted by Crippen LogP contribution is -2.17. The molecule has 1 unspecified atom stereocenters. The smallest absolute Gasteiger partial charge is 0.308 e. The first-order chi connectivity index (χ1) is 13.0. The highest BCUT2D eigenvalue weighted by atomic mass is 16.5. The van der Waals surface area contributed by atoms with Gasteiger partial charge in [0.05, 0.1) is 6.61 Å². The Bertz CT molecular complexity index is 858. The maximum atomic E-state index is 11.5. The molecular weight excluding hydrogens is 348 g/mol. The first-order valence-corrected chi connectivity index (χ1v) is 8.89. The molecule has 2 aromatic rings. The molecule has 1 heterocycles. The third-order valence-electron chi connectivity index (χ3n) is 4.14. The van der Waals surface area contributed by atoms with Crippen LogP contribution in [0.1, 0.15) is 44.4 Å². The first-order valence-electron chi connectivity index (χ1n) is 8.89. The van der Waals surface area contributed by atoms with Gasteiger partial charge in [0.25, 0.3) is 0 Å². The Morgan fingerprint density at radius 2 is 1.78 bits per heavy atom. The molecule has 0 bridgehead atoms. The summed E-state index contributed by atoms with van der Waals surface area (Å²) in [6.07, 6.45) is 1.29. The topological polar surface area (TPSA) is 71.1 Å². The number of hydrogen-bond donors (Lipinski definition) is 0. The molecule has 0 radical (unpaired) electrons. The van der Waals surface area contributed by atoms with E-state index in [1.807, 2.05) is 25.1 Å². The summed E-state index contributed by atoms with van der Waals surface area (Å²) >= 11 is 0. The summed E-state index contributed by atoms with van der Waals surface area (Å²) in [4.78, 5) is 22.7. The minimum atomic E-state index is -0.453. The van der Waals surface area contributed by atoms with Crippen LogP contribution in [0.4, 0.5) is 0 Å². The van der Waals surface area contributed by atoms with Crippen molar-refractivity contribution in [1.82, 2.24) is 0 Å². The van der Waals surface area contributed by atoms with E-state index in [1.165, 1.54) is 19.9 Å². The highest BCUT2D eigenvalue weighted by molar-refractivity contribution is 5.72. The lowest BCUT2D eigenvalue weighted by molar-refractivity contribution is -0.132. The number of ether oxygens (including phenoxy) is 4. The van der Waals surface area contributed by atoms with E-state index in [0.717, 1.165) is 35.5 Å². The molecule has 6 heteroatoms. The summed E-state index contributed by atoms with van der Waals surface area (Å²) < 4.78 is 22.1. The molecular formula is C21H22O6. The van der Waals surface area contributed by atoms with E-state index in [-0.39, 0.29) is 6.10 Å². The van der Waals surface area contributed by atoms with E-state index < -0.39 is 11.9 Å². The van der Waals surface area contributed by atoms with Gasteiger partial charge in [-0.15, -0.1) is 0 Å². The zero-order chi connectivity index (χ0) is 19.4. The van der Waals surface area contributed by atoms with Gasteiger partial charge in [-0.05, 0) is 43.5 Å². The Morgan fingerprint density at radius 1 is 1.04 bits per heavy atom. The van der Waals surface area contributed by atoms with Crippen molar-refractivity contribution in [2.75, 3.05) is 6.61 Å². The van der Waals surface area contributed by atoms with Gasteiger partial charge >= 0.3 is 11.9 Å². The molecule has 0 saturated carbocycles. The molecule has 0 N–H and O–H groups in total. The molecule has 0 fully saturated rings. The van der Waals surface area contributed by atoms with Gasteiger partial charge in [-0.25, -0.2) is 0 Å². The van der Waals surface area contributed by atoms with Crippen molar-refractivity contribution in [2.45, 2.75) is 39.7 Å². The number of rotatable bonds is 5. The fraction of sp³-hybridized carbons (Fsp3) is 0.333. The van der Waals surface area contributed by atoms with Crippen molar-refractivity contribution in [1.29, 1.82) is 0 Å². The Morgan fingerprint density at radius 3 is 2.48 bits per heavy atom. The predicted octanol–water partition coefficient (Wildman–Crippen LogP) is 4.00. The maximum absolute atomic E-state index is 11.5. The minimum Gasteiger partial charge on any atom is -0.494 e. The molecule has 0 saturated heterocycles. The summed E-state index contributed by atoms with van der Waals surface area (Å²) in [5.74, 6) is 1.26. The van der Waals surface area contributed by atoms with E-state index in [0.29, 0.717) is 18.1 Å². The van der Waals surface area contributed by atoms with Crippen LogP contribution in [-0.2, 0) is 16.0 Å². The SMILES string of the molecule is CCOc1ccc2c(c1)OC(c1ccc(OC(C)=O)cc1OC(C)=O)CC2. The van der Waals surface area contributed by atoms with E-state index in [1.54, 1.807) is 12.1 Å². The lowest BCUT2D eigenvalue weighted by atomic mass is 9.96. The van der Waals surface area contributed by atoms with Crippen molar-refractivity contribution in [3.8, 4) is 23.0 Å². The molecule has 1 aliphatic rings. The summed E-state index contributed by atoms with van der Waals surface area (Å²) in [5, 5.41) is 0. The molecule has 142 valence electrons. The van der Waals surface area contributed by atoms with Crippen molar-refractivity contribution in [3.05, 3.63) is 47.5 Å². The molecule has 2 aromatic carbocycles. The van der Waals surface area contributed by atoms with Gasteiger partial charge in [0.2, 0.25) is 0 Å². The molecule has 1 atom stereocenters. The molecule has 0 spiro atoms. The second-order valence-corrected chi connectivity index (χ2v) is 6.23. The molecule has 6 nitrogen and oxygen atoms in total. The summed E-state index contributed by atoms with van der Waals surface area (Å²) in [5.41, 5.74) is 1.84. The van der Waals surface area contributed by atoms with Gasteiger partial charge in [-0.1, -0.05) is 6.07 Å². The molecule has 3 rings (SSSR count). The Balaban J connectivity index is 1.90. The number of aryl methyl sites for hydroxylation is 1. The van der Waals surface area contributed by atoms with Crippen molar-refractivity contribution < 1.29 is 28.5 Å². The summed E-state index contributed by atoms with van der Waals surface area (Å²) in [6.45, 7) is 5.15. The van der Waals surface area contributed by atoms with Crippen LogP contribution in [0.3, 0.4) is 0 Å². The standard InChI is InChI=1S/C21H22O6/c1-4-24-16-7-5-15-6-10-19(27-20(15)11-16)18-9-8-17(25-13(2)22)12-21(18)26-14(3)23/h5,7-9,11-12,19H,4,6,10H2,1-3H3. The van der Waals surface area contributed by atoms with Crippen LogP contribution in [0.2, 0.25) is 0 Å². The fourth-order valence-electron chi connectivity index (χ4n) is 3.08. The third kappa shape index (κ3) is 4.58.